The predicted molar refractivity (Wildman–Crippen MR) is 93.1 cm³/mol. The maximum Gasteiger partial charge on any atom is 0.261 e. The number of thiophene rings is 1. The molecule has 1 aromatic heterocycles. The van der Waals surface area contributed by atoms with E-state index in [2.05, 4.69) is 10.6 Å². The average Bonchev–Trinajstić information content (AvgIpc) is 3.08. The van der Waals surface area contributed by atoms with Crippen LogP contribution in [0.25, 0.3) is 0 Å². The van der Waals surface area contributed by atoms with E-state index >= 15 is 0 Å². The van der Waals surface area contributed by atoms with Crippen molar-refractivity contribution in [2.45, 2.75) is 45.1 Å². The summed E-state index contributed by atoms with van der Waals surface area (Å²) in [6.45, 7) is 2.06. The first-order chi connectivity index (χ1) is 11.6. The van der Waals surface area contributed by atoms with Crippen LogP contribution in [0.15, 0.2) is 6.07 Å². The van der Waals surface area contributed by atoms with E-state index in [1.165, 1.54) is 17.8 Å². The molecular weight excluding hydrogens is 324 g/mol. The van der Waals surface area contributed by atoms with E-state index in [1.54, 1.807) is 0 Å². The summed E-state index contributed by atoms with van der Waals surface area (Å²) >= 11 is 1.35. The van der Waals surface area contributed by atoms with Gasteiger partial charge in [0.05, 0.1) is 9.88 Å². The van der Waals surface area contributed by atoms with Gasteiger partial charge < -0.3 is 15.7 Å². The van der Waals surface area contributed by atoms with Gasteiger partial charge in [-0.3, -0.25) is 9.59 Å². The zero-order valence-corrected chi connectivity index (χ0v) is 14.7. The Balaban J connectivity index is 1.44. The van der Waals surface area contributed by atoms with Gasteiger partial charge in [-0.25, -0.2) is 0 Å². The fourth-order valence-electron chi connectivity index (χ4n) is 4.45. The van der Waals surface area contributed by atoms with Crippen molar-refractivity contribution in [3.8, 4) is 0 Å². The van der Waals surface area contributed by atoms with Crippen molar-refractivity contribution in [3.05, 3.63) is 16.5 Å². The Morgan fingerprint density at radius 1 is 1.25 bits per heavy atom. The first kappa shape index (κ1) is 16.1. The Morgan fingerprint density at radius 2 is 2.00 bits per heavy atom. The number of aliphatic hydroxyl groups excluding tert-OH is 1. The van der Waals surface area contributed by atoms with Crippen LogP contribution in [-0.4, -0.2) is 29.6 Å². The van der Waals surface area contributed by atoms with Gasteiger partial charge in [0.2, 0.25) is 5.91 Å². The van der Waals surface area contributed by atoms with Crippen LogP contribution in [0, 0.1) is 30.6 Å². The Labute approximate surface area is 145 Å². The molecule has 3 fully saturated rings. The van der Waals surface area contributed by atoms with Crippen molar-refractivity contribution in [1.29, 1.82) is 0 Å². The molecule has 4 atom stereocenters. The zero-order chi connectivity index (χ0) is 16.8. The minimum Gasteiger partial charge on any atom is -0.396 e. The SMILES string of the molecule is Cc1cc(NC(=O)C2CC2)sc1C(=O)NC1C2CCC(C2)C1CO. The number of amides is 2. The van der Waals surface area contributed by atoms with E-state index in [0.29, 0.717) is 16.7 Å². The normalized spacial score (nSPS) is 31.2. The highest BCUT2D eigenvalue weighted by molar-refractivity contribution is 7.18. The van der Waals surface area contributed by atoms with E-state index in [0.717, 1.165) is 36.2 Å². The Morgan fingerprint density at radius 3 is 2.71 bits per heavy atom. The van der Waals surface area contributed by atoms with Gasteiger partial charge in [0.15, 0.2) is 0 Å². The Kier molecular flexibility index (Phi) is 4.12. The number of aryl methyl sites for hydroxylation is 1. The molecule has 24 heavy (non-hydrogen) atoms. The zero-order valence-electron chi connectivity index (χ0n) is 13.9. The van der Waals surface area contributed by atoms with E-state index in [1.807, 2.05) is 13.0 Å². The van der Waals surface area contributed by atoms with Gasteiger partial charge in [0, 0.05) is 24.5 Å². The van der Waals surface area contributed by atoms with Gasteiger partial charge in [0.25, 0.3) is 5.91 Å². The fourth-order valence-corrected chi connectivity index (χ4v) is 5.43. The quantitative estimate of drug-likeness (QED) is 0.765. The minimum atomic E-state index is -0.0691. The van der Waals surface area contributed by atoms with E-state index in [9.17, 15) is 14.7 Å². The Bertz CT molecular complexity index is 667. The highest BCUT2D eigenvalue weighted by Gasteiger charge is 2.47. The third-order valence-electron chi connectivity index (χ3n) is 5.92. The van der Waals surface area contributed by atoms with Gasteiger partial charge in [-0.15, -0.1) is 11.3 Å². The molecule has 0 saturated heterocycles. The van der Waals surface area contributed by atoms with Crippen molar-refractivity contribution in [2.24, 2.45) is 23.7 Å². The Hall–Kier alpha value is -1.40. The lowest BCUT2D eigenvalue weighted by Gasteiger charge is -2.30. The smallest absolute Gasteiger partial charge is 0.261 e. The number of rotatable bonds is 5. The van der Waals surface area contributed by atoms with E-state index in [-0.39, 0.29) is 36.3 Å². The van der Waals surface area contributed by atoms with Crippen LogP contribution in [0.2, 0.25) is 0 Å². The van der Waals surface area contributed by atoms with Crippen LogP contribution in [-0.2, 0) is 4.79 Å². The molecule has 3 aliphatic rings. The average molecular weight is 348 g/mol. The van der Waals surface area contributed by atoms with Crippen LogP contribution >= 0.6 is 11.3 Å². The number of anilines is 1. The topological polar surface area (TPSA) is 78.4 Å². The third kappa shape index (κ3) is 2.86. The standard InChI is InChI=1S/C18H24N2O3S/c1-9-6-14(19-17(22)10-2-3-10)24-16(9)18(23)20-15-12-5-4-11(7-12)13(15)8-21/h6,10-13,15,21H,2-5,7-8H2,1H3,(H,19,22)(H,20,23). The summed E-state index contributed by atoms with van der Waals surface area (Å²) in [4.78, 5) is 25.3. The number of nitrogens with one attached hydrogen (secondary N) is 2. The molecule has 3 aliphatic carbocycles. The van der Waals surface area contributed by atoms with Crippen LogP contribution in [0.3, 0.4) is 0 Å². The summed E-state index contributed by atoms with van der Waals surface area (Å²) in [7, 11) is 0. The van der Waals surface area contributed by atoms with Crippen LogP contribution in [0.5, 0.6) is 0 Å². The van der Waals surface area contributed by atoms with Crippen molar-refractivity contribution in [2.75, 3.05) is 11.9 Å². The highest BCUT2D eigenvalue weighted by atomic mass is 32.1. The molecule has 1 heterocycles. The highest BCUT2D eigenvalue weighted by Crippen LogP contribution is 2.48. The molecule has 4 unspecified atom stereocenters. The van der Waals surface area contributed by atoms with Crippen LogP contribution in [0.1, 0.15) is 47.3 Å². The first-order valence-corrected chi connectivity index (χ1v) is 9.71. The molecule has 0 aliphatic heterocycles. The number of carbonyl (C=O) groups is 2. The number of carbonyl (C=O) groups excluding carboxylic acids is 2. The first-order valence-electron chi connectivity index (χ1n) is 8.90. The monoisotopic (exact) mass is 348 g/mol. The third-order valence-corrected chi connectivity index (χ3v) is 7.07. The summed E-state index contributed by atoms with van der Waals surface area (Å²) < 4.78 is 0. The summed E-state index contributed by atoms with van der Waals surface area (Å²) in [6, 6.07) is 1.97. The molecule has 3 saturated carbocycles. The van der Waals surface area contributed by atoms with Crippen molar-refractivity contribution >= 4 is 28.2 Å². The lowest BCUT2D eigenvalue weighted by Crippen LogP contribution is -2.45. The second kappa shape index (κ2) is 6.15. The number of hydrogen-bond donors (Lipinski definition) is 3. The lowest BCUT2D eigenvalue weighted by molar-refractivity contribution is -0.117. The number of hydrogen-bond acceptors (Lipinski definition) is 4. The summed E-state index contributed by atoms with van der Waals surface area (Å²) in [5.74, 6) is 1.41. The predicted octanol–water partition coefficient (Wildman–Crippen LogP) is 2.54. The van der Waals surface area contributed by atoms with E-state index < -0.39 is 0 Å². The fraction of sp³-hybridized carbons (Fsp3) is 0.667. The molecule has 0 spiro atoms. The molecule has 2 bridgehead atoms. The molecule has 130 valence electrons. The molecule has 0 radical (unpaired) electrons. The molecule has 4 rings (SSSR count). The van der Waals surface area contributed by atoms with Crippen molar-refractivity contribution in [1.82, 2.24) is 5.32 Å². The second-order valence-corrected chi connectivity index (χ2v) is 8.62. The molecule has 1 aromatic rings. The summed E-state index contributed by atoms with van der Waals surface area (Å²) in [6.07, 6.45) is 5.39. The van der Waals surface area contributed by atoms with Gasteiger partial charge in [-0.1, -0.05) is 0 Å². The lowest BCUT2D eigenvalue weighted by atomic mass is 9.85. The molecule has 6 heteroatoms. The van der Waals surface area contributed by atoms with Gasteiger partial charge in [0.1, 0.15) is 0 Å². The van der Waals surface area contributed by atoms with Gasteiger partial charge in [-0.2, -0.15) is 0 Å². The molecular formula is C18H24N2O3S. The summed E-state index contributed by atoms with van der Waals surface area (Å²) in [5, 5.41) is 16.5. The second-order valence-electron chi connectivity index (χ2n) is 7.57. The maximum absolute atomic E-state index is 12.7. The van der Waals surface area contributed by atoms with Gasteiger partial charge in [-0.05, 0) is 62.5 Å². The van der Waals surface area contributed by atoms with Crippen molar-refractivity contribution in [3.63, 3.8) is 0 Å². The summed E-state index contributed by atoms with van der Waals surface area (Å²) in [5.41, 5.74) is 0.896. The van der Waals surface area contributed by atoms with Gasteiger partial charge >= 0.3 is 0 Å². The molecule has 5 nitrogen and oxygen atoms in total. The molecule has 0 aromatic carbocycles. The largest absolute Gasteiger partial charge is 0.396 e. The minimum absolute atomic E-state index is 0.0663. The molecule has 2 amide bonds. The number of fused-ring (bicyclic) bond motifs is 2. The maximum atomic E-state index is 12.7. The van der Waals surface area contributed by atoms with E-state index in [4.69, 9.17) is 0 Å². The van der Waals surface area contributed by atoms with Crippen LogP contribution < -0.4 is 10.6 Å². The van der Waals surface area contributed by atoms with Crippen LogP contribution in [0.4, 0.5) is 5.00 Å². The number of aliphatic hydroxyl groups is 1. The van der Waals surface area contributed by atoms with Crippen molar-refractivity contribution < 1.29 is 14.7 Å². The molecule has 3 N–H and O–H groups in total.